The van der Waals surface area contributed by atoms with Crippen molar-refractivity contribution in [2.24, 2.45) is 0 Å². The molecule has 0 fully saturated rings. The third-order valence-corrected chi connectivity index (χ3v) is 10.7. The van der Waals surface area contributed by atoms with Gasteiger partial charge in [0.2, 0.25) is 0 Å². The van der Waals surface area contributed by atoms with Gasteiger partial charge < -0.3 is 9.32 Å². The zero-order chi connectivity index (χ0) is 39.1. The summed E-state index contributed by atoms with van der Waals surface area (Å²) in [5.74, 6) is 0. The molecular weight excluding hydrogens is 655 g/mol. The maximum atomic E-state index is 9.69. The highest BCUT2D eigenvalue weighted by molar-refractivity contribution is 6.15. The molecule has 1 heterocycles. The first-order valence-corrected chi connectivity index (χ1v) is 18.2. The van der Waals surface area contributed by atoms with Gasteiger partial charge in [-0.2, -0.15) is 0 Å². The van der Waals surface area contributed by atoms with Crippen molar-refractivity contribution in [3.05, 3.63) is 200 Å². The molecule has 2 heteroatoms. The Balaban J connectivity index is 1.12. The van der Waals surface area contributed by atoms with E-state index in [9.17, 15) is 5.48 Å². The molecule has 10 aromatic carbocycles. The van der Waals surface area contributed by atoms with E-state index in [0.717, 1.165) is 54.5 Å². The Hall–Kier alpha value is -7.16. The van der Waals surface area contributed by atoms with Gasteiger partial charge in [0.25, 0.3) is 0 Å². The van der Waals surface area contributed by atoms with Crippen LogP contribution in [0.25, 0.3) is 87.3 Å². The van der Waals surface area contributed by atoms with Crippen molar-refractivity contribution in [3.8, 4) is 22.3 Å². The van der Waals surface area contributed by atoms with E-state index in [1.807, 2.05) is 83.8 Å². The quantitative estimate of drug-likeness (QED) is 0.167. The Bertz CT molecular complexity index is 3430. The molecule has 11 rings (SSSR count). The minimum absolute atomic E-state index is 0.139. The van der Waals surface area contributed by atoms with Gasteiger partial charge >= 0.3 is 0 Å². The number of hydrogen-bond acceptors (Lipinski definition) is 2. The molecule has 0 amide bonds. The van der Waals surface area contributed by atoms with E-state index in [1.54, 1.807) is 0 Å². The molecule has 0 atom stereocenters. The fourth-order valence-corrected chi connectivity index (χ4v) is 8.10. The third kappa shape index (κ3) is 4.88. The van der Waals surface area contributed by atoms with Crippen LogP contribution in [0.4, 0.5) is 17.1 Å². The molecule has 1 aromatic heterocycles. The lowest BCUT2D eigenvalue weighted by Gasteiger charge is -2.28. The van der Waals surface area contributed by atoms with Crippen LogP contribution in [0.15, 0.2) is 205 Å². The summed E-state index contributed by atoms with van der Waals surface area (Å²) >= 11 is 0. The van der Waals surface area contributed by atoms with Crippen LogP contribution in [-0.4, -0.2) is 0 Å². The van der Waals surface area contributed by atoms with Gasteiger partial charge in [-0.1, -0.05) is 158 Å². The highest BCUT2D eigenvalue weighted by Gasteiger charge is 2.19. The standard InChI is InChI=1S/C52H33NO/c1-3-12-42-35(10-1)20-21-39-32-37(26-31-44(39)42)34-22-27-40(28-23-34)53(50-33-38-11-2-4-13-43(38)46-14-5-6-15-47(46)50)41-29-24-36(25-30-41)45-17-9-18-49-48-16-7-8-19-51(48)54-52(45)49/h1-33H/i24D,25D,29D,30D. The van der Waals surface area contributed by atoms with Crippen LogP contribution in [0, 0.1) is 0 Å². The first-order chi connectivity index (χ1) is 28.4. The number of nitrogens with zero attached hydrogens (tertiary/aromatic N) is 1. The average molecular weight is 692 g/mol. The van der Waals surface area contributed by atoms with E-state index in [0.29, 0.717) is 22.4 Å². The molecule has 0 aliphatic carbocycles. The smallest absolute Gasteiger partial charge is 0.143 e. The van der Waals surface area contributed by atoms with Crippen LogP contribution in [0.5, 0.6) is 0 Å². The Kier molecular flexibility index (Phi) is 6.02. The van der Waals surface area contributed by atoms with E-state index >= 15 is 0 Å². The van der Waals surface area contributed by atoms with Gasteiger partial charge in [-0.3, -0.25) is 0 Å². The SMILES string of the molecule is [2H]c1c([2H])c(N(c2ccc(-c3ccc4c(ccc5ccccc54)c3)cc2)c2cc3ccccc3c3ccccc23)c([2H])c([2H])c1-c1cccc2c1oc1ccccc12. The first kappa shape index (κ1) is 26.6. The molecule has 0 bridgehead atoms. The topological polar surface area (TPSA) is 16.4 Å². The minimum Gasteiger partial charge on any atom is -0.455 e. The molecule has 252 valence electrons. The number of hydrogen-bond donors (Lipinski definition) is 0. The zero-order valence-corrected chi connectivity index (χ0v) is 29.1. The summed E-state index contributed by atoms with van der Waals surface area (Å²) in [5.41, 5.74) is 5.69. The van der Waals surface area contributed by atoms with Gasteiger partial charge in [-0.25, -0.2) is 0 Å². The van der Waals surface area contributed by atoms with Crippen LogP contribution in [0.2, 0.25) is 0 Å². The second kappa shape index (κ2) is 12.2. The van der Waals surface area contributed by atoms with Crippen molar-refractivity contribution in [2.75, 3.05) is 4.90 Å². The fourth-order valence-electron chi connectivity index (χ4n) is 8.10. The predicted octanol–water partition coefficient (Wildman–Crippen LogP) is 15.0. The average Bonchev–Trinajstić information content (AvgIpc) is 3.66. The van der Waals surface area contributed by atoms with Crippen molar-refractivity contribution < 1.29 is 9.90 Å². The predicted molar refractivity (Wildman–Crippen MR) is 229 cm³/mol. The molecule has 54 heavy (non-hydrogen) atoms. The van der Waals surface area contributed by atoms with Gasteiger partial charge in [-0.15, -0.1) is 0 Å². The van der Waals surface area contributed by atoms with E-state index in [4.69, 9.17) is 4.42 Å². The van der Waals surface area contributed by atoms with Crippen molar-refractivity contribution in [3.63, 3.8) is 0 Å². The van der Waals surface area contributed by atoms with Crippen molar-refractivity contribution in [1.82, 2.24) is 0 Å². The highest BCUT2D eigenvalue weighted by atomic mass is 16.3. The summed E-state index contributed by atoms with van der Waals surface area (Å²) < 4.78 is 44.8. The van der Waals surface area contributed by atoms with E-state index in [1.165, 1.54) is 16.2 Å². The van der Waals surface area contributed by atoms with Crippen LogP contribution < -0.4 is 4.90 Å². The molecule has 0 aliphatic heterocycles. The summed E-state index contributed by atoms with van der Waals surface area (Å²) in [7, 11) is 0. The highest BCUT2D eigenvalue weighted by Crippen LogP contribution is 2.44. The second-order valence-corrected chi connectivity index (χ2v) is 13.8. The molecule has 0 spiro atoms. The molecule has 0 unspecified atom stereocenters. The summed E-state index contributed by atoms with van der Waals surface area (Å²) in [6.07, 6.45) is 0. The maximum absolute atomic E-state index is 9.69. The monoisotopic (exact) mass is 691 g/mol. The lowest BCUT2D eigenvalue weighted by atomic mass is 9.97. The number of rotatable bonds is 5. The lowest BCUT2D eigenvalue weighted by molar-refractivity contribution is 0.670. The van der Waals surface area contributed by atoms with Crippen LogP contribution in [-0.2, 0) is 0 Å². The number of anilines is 3. The minimum atomic E-state index is -0.146. The summed E-state index contributed by atoms with van der Waals surface area (Å²) in [6.45, 7) is 0. The molecular formula is C52H33NO. The number of benzene rings is 10. The van der Waals surface area contributed by atoms with E-state index in [-0.39, 0.29) is 35.4 Å². The second-order valence-electron chi connectivity index (χ2n) is 13.8. The zero-order valence-electron chi connectivity index (χ0n) is 33.1. The van der Waals surface area contributed by atoms with E-state index in [2.05, 4.69) is 97.1 Å². The van der Waals surface area contributed by atoms with Crippen LogP contribution in [0.1, 0.15) is 5.48 Å². The molecule has 0 N–H and O–H groups in total. The molecule has 0 saturated carbocycles. The summed E-state index contributed by atoms with van der Waals surface area (Å²) in [6, 6.07) is 58.8. The molecule has 0 saturated heterocycles. The summed E-state index contributed by atoms with van der Waals surface area (Å²) in [5, 5.41) is 10.6. The Morgan fingerprint density at radius 1 is 0.370 bits per heavy atom. The van der Waals surface area contributed by atoms with Crippen LogP contribution in [0.3, 0.4) is 0 Å². The normalized spacial score (nSPS) is 12.7. The Labute approximate surface area is 318 Å². The Morgan fingerprint density at radius 3 is 1.78 bits per heavy atom. The molecule has 2 nitrogen and oxygen atoms in total. The van der Waals surface area contributed by atoms with Gasteiger partial charge in [0, 0.05) is 33.1 Å². The number of fused-ring (bicyclic) bond motifs is 9. The molecule has 0 radical (unpaired) electrons. The van der Waals surface area contributed by atoms with Crippen molar-refractivity contribution in [2.45, 2.75) is 0 Å². The molecule has 11 aromatic rings. The molecule has 0 aliphatic rings. The van der Waals surface area contributed by atoms with Gasteiger partial charge in [0.05, 0.1) is 11.2 Å². The lowest BCUT2D eigenvalue weighted by Crippen LogP contribution is -2.10. The maximum Gasteiger partial charge on any atom is 0.143 e. The van der Waals surface area contributed by atoms with Gasteiger partial charge in [-0.05, 0) is 96.8 Å². The summed E-state index contributed by atoms with van der Waals surface area (Å²) in [4.78, 5) is 1.90. The van der Waals surface area contributed by atoms with Gasteiger partial charge in [0.15, 0.2) is 0 Å². The largest absolute Gasteiger partial charge is 0.455 e. The van der Waals surface area contributed by atoms with Gasteiger partial charge in [0.1, 0.15) is 11.2 Å². The Morgan fingerprint density at radius 2 is 0.963 bits per heavy atom. The van der Waals surface area contributed by atoms with Crippen LogP contribution >= 0.6 is 0 Å². The fraction of sp³-hybridized carbons (Fsp3) is 0. The van der Waals surface area contributed by atoms with E-state index < -0.39 is 0 Å². The number of para-hydroxylation sites is 2. The number of furan rings is 1. The van der Waals surface area contributed by atoms with Crippen molar-refractivity contribution >= 4 is 82.1 Å². The van der Waals surface area contributed by atoms with Crippen molar-refractivity contribution in [1.29, 1.82) is 0 Å². The third-order valence-electron chi connectivity index (χ3n) is 10.7. The first-order valence-electron chi connectivity index (χ1n) is 20.2.